The lowest BCUT2D eigenvalue weighted by Crippen LogP contribution is -2.25. The zero-order chi connectivity index (χ0) is 21.9. The van der Waals surface area contributed by atoms with Crippen LogP contribution in [0.2, 0.25) is 0 Å². The summed E-state index contributed by atoms with van der Waals surface area (Å²) in [6.45, 7) is 4.51. The van der Waals surface area contributed by atoms with E-state index in [0.717, 1.165) is 32.1 Å². The molecule has 0 amide bonds. The van der Waals surface area contributed by atoms with E-state index >= 15 is 0 Å². The summed E-state index contributed by atoms with van der Waals surface area (Å²) >= 11 is 0. The maximum Gasteiger partial charge on any atom is 0.0689 e. The fourth-order valence-electron chi connectivity index (χ4n) is 5.18. The van der Waals surface area contributed by atoms with Crippen molar-refractivity contribution in [3.05, 3.63) is 59.7 Å². The van der Waals surface area contributed by atoms with Crippen LogP contribution in [0.15, 0.2) is 48.5 Å². The Balaban J connectivity index is 1.53. The average molecular weight is 416 g/mol. The number of aryl methyl sites for hydroxylation is 1. The van der Waals surface area contributed by atoms with Gasteiger partial charge in [0, 0.05) is 0 Å². The summed E-state index contributed by atoms with van der Waals surface area (Å²) in [6, 6.07) is 21.1. The lowest BCUT2D eigenvalue weighted by molar-refractivity contribution is 0.223. The molecule has 1 saturated carbocycles. The van der Waals surface area contributed by atoms with Crippen molar-refractivity contribution in [2.24, 2.45) is 5.41 Å². The highest BCUT2D eigenvalue weighted by molar-refractivity contribution is 5.64. The molecule has 0 N–H and O–H groups in total. The van der Waals surface area contributed by atoms with E-state index in [2.05, 4.69) is 68.4 Å². The molecule has 0 saturated heterocycles. The molecule has 1 nitrogen and oxygen atoms in total. The minimum Gasteiger partial charge on any atom is -0.198 e. The predicted molar refractivity (Wildman–Crippen MR) is 133 cm³/mol. The molecule has 0 heterocycles. The van der Waals surface area contributed by atoms with Gasteiger partial charge in [0.05, 0.1) is 11.5 Å². The van der Waals surface area contributed by atoms with Crippen molar-refractivity contribution >= 4 is 0 Å². The van der Waals surface area contributed by atoms with Gasteiger partial charge in [0.15, 0.2) is 0 Å². The van der Waals surface area contributed by atoms with Crippen molar-refractivity contribution in [1.82, 2.24) is 0 Å². The fourth-order valence-corrected chi connectivity index (χ4v) is 5.18. The van der Waals surface area contributed by atoms with Crippen LogP contribution in [-0.4, -0.2) is 0 Å². The van der Waals surface area contributed by atoms with Gasteiger partial charge in [-0.25, -0.2) is 0 Å². The SMILES string of the molecule is CCCCCCCC1(C#N)CCC(c2ccc(-c3ccc(CCCC)cc3)cc2)CC1. The molecular formula is C30H41N. The lowest BCUT2D eigenvalue weighted by atomic mass is 9.67. The Kier molecular flexibility index (Phi) is 9.20. The first-order chi connectivity index (χ1) is 15.2. The molecule has 31 heavy (non-hydrogen) atoms. The summed E-state index contributed by atoms with van der Waals surface area (Å²) in [5.74, 6) is 0.618. The smallest absolute Gasteiger partial charge is 0.0689 e. The first kappa shape index (κ1) is 23.6. The zero-order valence-corrected chi connectivity index (χ0v) is 19.8. The molecule has 1 fully saturated rings. The summed E-state index contributed by atoms with van der Waals surface area (Å²) in [5, 5.41) is 9.88. The second-order valence-electron chi connectivity index (χ2n) is 9.75. The number of rotatable bonds is 11. The Bertz CT molecular complexity index is 801. The van der Waals surface area contributed by atoms with E-state index in [4.69, 9.17) is 0 Å². The number of unbranched alkanes of at least 4 members (excludes halogenated alkanes) is 5. The van der Waals surface area contributed by atoms with Crippen LogP contribution in [0, 0.1) is 16.7 Å². The molecule has 0 atom stereocenters. The van der Waals surface area contributed by atoms with Gasteiger partial charge in [-0.05, 0) is 73.1 Å². The van der Waals surface area contributed by atoms with Crippen molar-refractivity contribution in [2.45, 2.75) is 103 Å². The van der Waals surface area contributed by atoms with Crippen LogP contribution >= 0.6 is 0 Å². The molecule has 0 unspecified atom stereocenters. The highest BCUT2D eigenvalue weighted by Crippen LogP contribution is 2.45. The number of nitrogens with zero attached hydrogens (tertiary/aromatic N) is 1. The van der Waals surface area contributed by atoms with Gasteiger partial charge in [-0.2, -0.15) is 5.26 Å². The van der Waals surface area contributed by atoms with E-state index in [9.17, 15) is 5.26 Å². The highest BCUT2D eigenvalue weighted by Gasteiger charge is 2.35. The minimum absolute atomic E-state index is 0.0534. The summed E-state index contributed by atoms with van der Waals surface area (Å²) in [5.41, 5.74) is 5.46. The van der Waals surface area contributed by atoms with E-state index in [-0.39, 0.29) is 5.41 Å². The van der Waals surface area contributed by atoms with Gasteiger partial charge < -0.3 is 0 Å². The second-order valence-corrected chi connectivity index (χ2v) is 9.75. The maximum atomic E-state index is 9.88. The molecule has 0 spiro atoms. The monoisotopic (exact) mass is 415 g/mol. The van der Waals surface area contributed by atoms with Crippen molar-refractivity contribution < 1.29 is 0 Å². The fraction of sp³-hybridized carbons (Fsp3) is 0.567. The molecule has 166 valence electrons. The van der Waals surface area contributed by atoms with Crippen LogP contribution in [0.5, 0.6) is 0 Å². The Morgan fingerprint density at radius 1 is 0.774 bits per heavy atom. The van der Waals surface area contributed by atoms with Crippen LogP contribution in [0.1, 0.15) is 108 Å². The Hall–Kier alpha value is -2.07. The molecule has 1 aliphatic rings. The van der Waals surface area contributed by atoms with Crippen LogP contribution < -0.4 is 0 Å². The topological polar surface area (TPSA) is 23.8 Å². The Morgan fingerprint density at radius 2 is 1.35 bits per heavy atom. The highest BCUT2D eigenvalue weighted by atomic mass is 14.4. The summed E-state index contributed by atoms with van der Waals surface area (Å²) in [4.78, 5) is 0. The third-order valence-electron chi connectivity index (χ3n) is 7.43. The van der Waals surface area contributed by atoms with Gasteiger partial charge >= 0.3 is 0 Å². The van der Waals surface area contributed by atoms with Crippen LogP contribution in [-0.2, 0) is 6.42 Å². The van der Waals surface area contributed by atoms with Crippen molar-refractivity contribution in [2.75, 3.05) is 0 Å². The lowest BCUT2D eigenvalue weighted by Gasteiger charge is -2.35. The third-order valence-corrected chi connectivity index (χ3v) is 7.43. The molecule has 1 aliphatic carbocycles. The normalized spacial score (nSPS) is 21.0. The number of hydrogen-bond acceptors (Lipinski definition) is 1. The maximum absolute atomic E-state index is 9.88. The molecule has 3 rings (SSSR count). The Morgan fingerprint density at radius 3 is 1.94 bits per heavy atom. The second kappa shape index (κ2) is 12.1. The molecule has 0 aliphatic heterocycles. The molecular weight excluding hydrogens is 374 g/mol. The van der Waals surface area contributed by atoms with Crippen molar-refractivity contribution in [1.29, 1.82) is 5.26 Å². The largest absolute Gasteiger partial charge is 0.198 e. The zero-order valence-electron chi connectivity index (χ0n) is 19.8. The molecule has 2 aromatic rings. The average Bonchev–Trinajstić information content (AvgIpc) is 2.83. The summed E-state index contributed by atoms with van der Waals surface area (Å²) in [7, 11) is 0. The molecule has 2 aromatic carbocycles. The molecule has 1 heteroatoms. The van der Waals surface area contributed by atoms with E-state index < -0.39 is 0 Å². The van der Waals surface area contributed by atoms with Gasteiger partial charge in [-0.3, -0.25) is 0 Å². The third kappa shape index (κ3) is 6.70. The first-order valence-corrected chi connectivity index (χ1v) is 12.8. The van der Waals surface area contributed by atoms with E-state index in [1.54, 1.807) is 0 Å². The molecule has 0 aromatic heterocycles. The predicted octanol–water partition coefficient (Wildman–Crippen LogP) is 9.22. The Labute approximate surface area is 190 Å². The molecule has 0 bridgehead atoms. The van der Waals surface area contributed by atoms with Crippen LogP contribution in [0.4, 0.5) is 0 Å². The van der Waals surface area contributed by atoms with E-state index in [0.29, 0.717) is 5.92 Å². The number of benzene rings is 2. The summed E-state index contributed by atoms with van der Waals surface area (Å²) in [6.07, 6.45) is 15.7. The quantitative estimate of drug-likeness (QED) is 0.335. The van der Waals surface area contributed by atoms with Gasteiger partial charge in [0.25, 0.3) is 0 Å². The first-order valence-electron chi connectivity index (χ1n) is 12.8. The van der Waals surface area contributed by atoms with Gasteiger partial charge in [0.2, 0.25) is 0 Å². The van der Waals surface area contributed by atoms with Crippen LogP contribution in [0.25, 0.3) is 11.1 Å². The number of nitriles is 1. The van der Waals surface area contributed by atoms with Gasteiger partial charge in [-0.1, -0.05) is 101 Å². The van der Waals surface area contributed by atoms with E-state index in [1.807, 2.05) is 0 Å². The molecule has 0 radical (unpaired) electrons. The van der Waals surface area contributed by atoms with Crippen molar-refractivity contribution in [3.8, 4) is 17.2 Å². The number of hydrogen-bond donors (Lipinski definition) is 0. The van der Waals surface area contributed by atoms with E-state index in [1.165, 1.54) is 73.6 Å². The van der Waals surface area contributed by atoms with Gasteiger partial charge in [-0.15, -0.1) is 0 Å². The standard InChI is InChI=1S/C30H41N/c1-3-5-7-8-9-21-30(24-31)22-19-29(20-23-30)28-17-15-27(16-18-28)26-13-11-25(12-14-26)10-6-4-2/h11-18,29H,3-10,19-23H2,1-2H3. The van der Waals surface area contributed by atoms with Crippen molar-refractivity contribution in [3.63, 3.8) is 0 Å². The van der Waals surface area contributed by atoms with Crippen LogP contribution in [0.3, 0.4) is 0 Å². The summed E-state index contributed by atoms with van der Waals surface area (Å²) < 4.78 is 0. The van der Waals surface area contributed by atoms with Gasteiger partial charge in [0.1, 0.15) is 0 Å². The minimum atomic E-state index is -0.0534.